The molecule has 2 rings (SSSR count). The number of nitrogens with two attached hydrogens (primary N) is 1. The first kappa shape index (κ1) is 9.71. The highest BCUT2D eigenvalue weighted by atomic mass is 19.1. The molecular weight excluding hydrogens is 193 g/mol. The fourth-order valence-corrected chi connectivity index (χ4v) is 1.56. The second-order valence-corrected chi connectivity index (χ2v) is 3.27. The summed E-state index contributed by atoms with van der Waals surface area (Å²) in [5.74, 6) is 0.586. The van der Waals surface area contributed by atoms with Gasteiger partial charge in [-0.15, -0.1) is 0 Å². The van der Waals surface area contributed by atoms with E-state index >= 15 is 0 Å². The SMILES string of the molecule is CCc1nccn1-c1ccc(F)cc1N. The Labute approximate surface area is 87.4 Å². The smallest absolute Gasteiger partial charge is 0.125 e. The van der Waals surface area contributed by atoms with E-state index in [1.165, 1.54) is 12.1 Å². The largest absolute Gasteiger partial charge is 0.397 e. The molecule has 0 unspecified atom stereocenters. The molecule has 4 heteroatoms. The molecule has 0 bridgehead atoms. The van der Waals surface area contributed by atoms with Crippen molar-refractivity contribution in [3.05, 3.63) is 42.2 Å². The van der Waals surface area contributed by atoms with Crippen LogP contribution in [0.5, 0.6) is 0 Å². The van der Waals surface area contributed by atoms with Crippen LogP contribution in [0.15, 0.2) is 30.6 Å². The molecule has 0 aliphatic rings. The standard InChI is InChI=1S/C11H12FN3/c1-2-11-14-5-6-15(11)10-4-3-8(12)7-9(10)13/h3-7H,2,13H2,1H3. The summed E-state index contributed by atoms with van der Waals surface area (Å²) >= 11 is 0. The highest BCUT2D eigenvalue weighted by molar-refractivity contribution is 5.58. The fraction of sp³-hybridized carbons (Fsp3) is 0.182. The Kier molecular flexibility index (Phi) is 2.41. The predicted molar refractivity (Wildman–Crippen MR) is 57.3 cm³/mol. The minimum absolute atomic E-state index is 0.325. The van der Waals surface area contributed by atoms with Crippen molar-refractivity contribution in [1.82, 2.24) is 9.55 Å². The molecule has 0 saturated heterocycles. The van der Waals surface area contributed by atoms with Gasteiger partial charge in [-0.2, -0.15) is 0 Å². The third-order valence-corrected chi connectivity index (χ3v) is 2.28. The van der Waals surface area contributed by atoms with E-state index in [-0.39, 0.29) is 5.82 Å². The van der Waals surface area contributed by atoms with E-state index < -0.39 is 0 Å². The lowest BCUT2D eigenvalue weighted by Crippen LogP contribution is -2.03. The number of hydrogen-bond donors (Lipinski definition) is 1. The van der Waals surface area contributed by atoms with Crippen molar-refractivity contribution in [2.45, 2.75) is 13.3 Å². The summed E-state index contributed by atoms with van der Waals surface area (Å²) < 4.78 is 14.7. The molecule has 0 atom stereocenters. The predicted octanol–water partition coefficient (Wildman–Crippen LogP) is 2.16. The molecule has 0 spiro atoms. The van der Waals surface area contributed by atoms with Crippen LogP contribution in [0.1, 0.15) is 12.7 Å². The van der Waals surface area contributed by atoms with Crippen LogP contribution in [-0.2, 0) is 6.42 Å². The van der Waals surface area contributed by atoms with Crippen LogP contribution in [0, 0.1) is 5.82 Å². The Morgan fingerprint density at radius 3 is 2.93 bits per heavy atom. The molecule has 1 aromatic heterocycles. The number of rotatable bonds is 2. The van der Waals surface area contributed by atoms with Gasteiger partial charge in [-0.3, -0.25) is 0 Å². The monoisotopic (exact) mass is 205 g/mol. The van der Waals surface area contributed by atoms with Crippen molar-refractivity contribution >= 4 is 5.69 Å². The van der Waals surface area contributed by atoms with Crippen LogP contribution in [0.25, 0.3) is 5.69 Å². The molecule has 3 nitrogen and oxygen atoms in total. The number of imidazole rings is 1. The van der Waals surface area contributed by atoms with E-state index in [0.29, 0.717) is 5.69 Å². The van der Waals surface area contributed by atoms with E-state index in [0.717, 1.165) is 17.9 Å². The summed E-state index contributed by atoms with van der Waals surface area (Å²) in [5, 5.41) is 0. The third kappa shape index (κ3) is 1.70. The summed E-state index contributed by atoms with van der Waals surface area (Å²) in [7, 11) is 0. The van der Waals surface area contributed by atoms with Crippen molar-refractivity contribution in [3.63, 3.8) is 0 Å². The molecule has 0 saturated carbocycles. The van der Waals surface area contributed by atoms with Crippen molar-refractivity contribution < 1.29 is 4.39 Å². The zero-order chi connectivity index (χ0) is 10.8. The summed E-state index contributed by atoms with van der Waals surface area (Å²) in [6.07, 6.45) is 4.34. The van der Waals surface area contributed by atoms with Gasteiger partial charge < -0.3 is 10.3 Å². The molecule has 0 amide bonds. The average Bonchev–Trinajstić information content (AvgIpc) is 2.65. The minimum Gasteiger partial charge on any atom is -0.397 e. The van der Waals surface area contributed by atoms with Crippen LogP contribution in [0.3, 0.4) is 0 Å². The Bertz CT molecular complexity index is 476. The first-order valence-electron chi connectivity index (χ1n) is 4.80. The molecule has 15 heavy (non-hydrogen) atoms. The van der Waals surface area contributed by atoms with Gasteiger partial charge in [0.2, 0.25) is 0 Å². The summed E-state index contributed by atoms with van der Waals surface area (Å²) in [5.41, 5.74) is 6.94. The number of benzene rings is 1. The van der Waals surface area contributed by atoms with Gasteiger partial charge in [-0.05, 0) is 18.2 Å². The Morgan fingerprint density at radius 1 is 1.47 bits per heavy atom. The maximum absolute atomic E-state index is 12.9. The van der Waals surface area contributed by atoms with Gasteiger partial charge >= 0.3 is 0 Å². The van der Waals surface area contributed by atoms with Gasteiger partial charge in [0.05, 0.1) is 11.4 Å². The van der Waals surface area contributed by atoms with Crippen LogP contribution in [0.2, 0.25) is 0 Å². The normalized spacial score (nSPS) is 10.5. The number of aryl methyl sites for hydroxylation is 1. The maximum Gasteiger partial charge on any atom is 0.125 e. The molecular formula is C11H12FN3. The first-order chi connectivity index (χ1) is 7.22. The van der Waals surface area contributed by atoms with E-state index in [1.54, 1.807) is 12.3 Å². The van der Waals surface area contributed by atoms with Crippen LogP contribution in [0.4, 0.5) is 10.1 Å². The second-order valence-electron chi connectivity index (χ2n) is 3.27. The lowest BCUT2D eigenvalue weighted by atomic mass is 10.2. The van der Waals surface area contributed by atoms with Crippen molar-refractivity contribution in [3.8, 4) is 5.69 Å². The molecule has 0 aliphatic carbocycles. The van der Waals surface area contributed by atoms with Gasteiger partial charge in [0, 0.05) is 18.8 Å². The zero-order valence-corrected chi connectivity index (χ0v) is 8.44. The molecule has 1 heterocycles. The second kappa shape index (κ2) is 3.73. The molecule has 0 radical (unpaired) electrons. The van der Waals surface area contributed by atoms with Gasteiger partial charge in [0.1, 0.15) is 11.6 Å². The summed E-state index contributed by atoms with van der Waals surface area (Å²) in [4.78, 5) is 4.19. The number of aromatic nitrogens is 2. The Hall–Kier alpha value is -1.84. The van der Waals surface area contributed by atoms with Crippen molar-refractivity contribution in [1.29, 1.82) is 0 Å². The van der Waals surface area contributed by atoms with Crippen molar-refractivity contribution in [2.24, 2.45) is 0 Å². The fourth-order valence-electron chi connectivity index (χ4n) is 1.56. The average molecular weight is 205 g/mol. The number of anilines is 1. The highest BCUT2D eigenvalue weighted by Crippen LogP contribution is 2.19. The van der Waals surface area contributed by atoms with Crippen LogP contribution < -0.4 is 5.73 Å². The van der Waals surface area contributed by atoms with E-state index in [2.05, 4.69) is 4.98 Å². The third-order valence-electron chi connectivity index (χ3n) is 2.28. The van der Waals surface area contributed by atoms with Gasteiger partial charge in [0.25, 0.3) is 0 Å². The van der Waals surface area contributed by atoms with Crippen molar-refractivity contribution in [2.75, 3.05) is 5.73 Å². The van der Waals surface area contributed by atoms with Gasteiger partial charge in [0.15, 0.2) is 0 Å². The lowest BCUT2D eigenvalue weighted by molar-refractivity contribution is 0.628. The minimum atomic E-state index is -0.325. The number of nitrogen functional groups attached to an aromatic ring is 1. The quantitative estimate of drug-likeness (QED) is 0.763. The molecule has 2 aromatic rings. The Morgan fingerprint density at radius 2 is 2.27 bits per heavy atom. The number of halogens is 1. The number of nitrogens with zero attached hydrogens (tertiary/aromatic N) is 2. The van der Waals surface area contributed by atoms with Gasteiger partial charge in [-0.1, -0.05) is 6.92 Å². The summed E-state index contributed by atoms with van der Waals surface area (Å²) in [6.45, 7) is 2.01. The molecule has 1 aromatic carbocycles. The number of hydrogen-bond acceptors (Lipinski definition) is 2. The van der Waals surface area contributed by atoms with E-state index in [1.807, 2.05) is 17.7 Å². The molecule has 78 valence electrons. The lowest BCUT2D eigenvalue weighted by Gasteiger charge is -2.09. The van der Waals surface area contributed by atoms with Crippen LogP contribution >= 0.6 is 0 Å². The van der Waals surface area contributed by atoms with E-state index in [4.69, 9.17) is 5.73 Å². The molecule has 0 fully saturated rings. The maximum atomic E-state index is 12.9. The zero-order valence-electron chi connectivity index (χ0n) is 8.44. The molecule has 0 aliphatic heterocycles. The van der Waals surface area contributed by atoms with Crippen LogP contribution in [-0.4, -0.2) is 9.55 Å². The van der Waals surface area contributed by atoms with Gasteiger partial charge in [-0.25, -0.2) is 9.37 Å². The topological polar surface area (TPSA) is 43.8 Å². The Balaban J connectivity index is 2.54. The summed E-state index contributed by atoms with van der Waals surface area (Å²) in [6, 6.07) is 4.37. The van der Waals surface area contributed by atoms with E-state index in [9.17, 15) is 4.39 Å². The highest BCUT2D eigenvalue weighted by Gasteiger charge is 2.06. The molecule has 2 N–H and O–H groups in total. The first-order valence-corrected chi connectivity index (χ1v) is 4.80.